The van der Waals surface area contributed by atoms with Crippen LogP contribution in [-0.2, 0) is 18.9 Å². The molecule has 0 spiro atoms. The lowest BCUT2D eigenvalue weighted by molar-refractivity contribution is 0.282. The zero-order chi connectivity index (χ0) is 15.5. The Bertz CT molecular complexity index is 837. The molecule has 1 N–H and O–H groups in total. The molecule has 0 saturated heterocycles. The van der Waals surface area contributed by atoms with Gasteiger partial charge in [-0.1, -0.05) is 36.0 Å². The molecule has 114 valence electrons. The van der Waals surface area contributed by atoms with Gasteiger partial charge in [0.15, 0.2) is 5.16 Å². The van der Waals surface area contributed by atoms with Gasteiger partial charge in [0.2, 0.25) is 0 Å². The van der Waals surface area contributed by atoms with E-state index in [1.54, 1.807) is 16.3 Å². The van der Waals surface area contributed by atoms with Crippen molar-refractivity contribution in [3.05, 3.63) is 57.2 Å². The van der Waals surface area contributed by atoms with E-state index in [0.717, 1.165) is 32.3 Å². The van der Waals surface area contributed by atoms with Gasteiger partial charge in [-0.3, -0.25) is 9.36 Å². The maximum atomic E-state index is 12.4. The van der Waals surface area contributed by atoms with Crippen molar-refractivity contribution < 1.29 is 5.11 Å². The summed E-state index contributed by atoms with van der Waals surface area (Å²) in [6.45, 7) is 2.63. The minimum absolute atomic E-state index is 0.0422. The molecule has 22 heavy (non-hydrogen) atoms. The summed E-state index contributed by atoms with van der Waals surface area (Å²) in [4.78, 5) is 17.0. The van der Waals surface area contributed by atoms with E-state index in [2.05, 4.69) is 4.98 Å². The van der Waals surface area contributed by atoms with Crippen molar-refractivity contribution in [2.45, 2.75) is 31.0 Å². The smallest absolute Gasteiger partial charge is 0.272 e. The Hall–Kier alpha value is -1.63. The third kappa shape index (κ3) is 2.95. The molecule has 0 atom stereocenters. The van der Waals surface area contributed by atoms with E-state index in [1.165, 1.54) is 11.3 Å². The van der Waals surface area contributed by atoms with E-state index >= 15 is 0 Å². The molecule has 2 heterocycles. The maximum Gasteiger partial charge on any atom is 0.272 e. The van der Waals surface area contributed by atoms with Gasteiger partial charge < -0.3 is 5.11 Å². The first-order chi connectivity index (χ1) is 10.7. The van der Waals surface area contributed by atoms with Crippen LogP contribution in [0.4, 0.5) is 0 Å². The standard InChI is InChI=1S/C16H16N2O2S2/c1-2-18-15(20)14-13(7-8-21-14)17-16(18)22-10-12-5-3-11(9-19)4-6-12/h3-8,19H,2,9-10H2,1H3. The van der Waals surface area contributed by atoms with Crippen LogP contribution in [0.25, 0.3) is 10.2 Å². The summed E-state index contributed by atoms with van der Waals surface area (Å²) in [5, 5.41) is 11.7. The minimum atomic E-state index is 0.0422. The number of nitrogens with zero attached hydrogens (tertiary/aromatic N) is 2. The Labute approximate surface area is 136 Å². The van der Waals surface area contributed by atoms with E-state index in [-0.39, 0.29) is 12.2 Å². The first-order valence-electron chi connectivity index (χ1n) is 7.02. The number of hydrogen-bond donors (Lipinski definition) is 1. The Balaban J connectivity index is 1.87. The quantitative estimate of drug-likeness (QED) is 0.575. The summed E-state index contributed by atoms with van der Waals surface area (Å²) in [6.07, 6.45) is 0. The summed E-state index contributed by atoms with van der Waals surface area (Å²) in [5.41, 5.74) is 2.86. The fourth-order valence-electron chi connectivity index (χ4n) is 2.20. The van der Waals surface area contributed by atoms with Crippen molar-refractivity contribution >= 4 is 33.3 Å². The first kappa shape index (κ1) is 15.3. The molecule has 6 heteroatoms. The lowest BCUT2D eigenvalue weighted by Crippen LogP contribution is -2.21. The third-order valence-electron chi connectivity index (χ3n) is 3.42. The highest BCUT2D eigenvalue weighted by molar-refractivity contribution is 7.98. The lowest BCUT2D eigenvalue weighted by Gasteiger charge is -2.09. The van der Waals surface area contributed by atoms with E-state index in [4.69, 9.17) is 5.11 Å². The molecule has 0 unspecified atom stereocenters. The van der Waals surface area contributed by atoms with Crippen molar-refractivity contribution in [1.29, 1.82) is 0 Å². The number of aromatic nitrogens is 2. The van der Waals surface area contributed by atoms with Gasteiger partial charge in [0.1, 0.15) is 4.70 Å². The third-order valence-corrected chi connectivity index (χ3v) is 5.36. The zero-order valence-corrected chi connectivity index (χ0v) is 13.8. The zero-order valence-electron chi connectivity index (χ0n) is 12.2. The monoisotopic (exact) mass is 332 g/mol. The Morgan fingerprint density at radius 1 is 1.23 bits per heavy atom. The maximum absolute atomic E-state index is 12.4. The van der Waals surface area contributed by atoms with Gasteiger partial charge >= 0.3 is 0 Å². The molecule has 2 aromatic heterocycles. The van der Waals surface area contributed by atoms with Crippen LogP contribution in [0.1, 0.15) is 18.1 Å². The predicted octanol–water partition coefficient (Wildman–Crippen LogP) is 3.26. The highest BCUT2D eigenvalue weighted by Crippen LogP contribution is 2.24. The highest BCUT2D eigenvalue weighted by Gasteiger charge is 2.11. The second-order valence-electron chi connectivity index (χ2n) is 4.84. The van der Waals surface area contributed by atoms with Gasteiger partial charge in [0.05, 0.1) is 12.1 Å². The van der Waals surface area contributed by atoms with Crippen LogP contribution in [-0.4, -0.2) is 14.7 Å². The number of hydrogen-bond acceptors (Lipinski definition) is 5. The summed E-state index contributed by atoms with van der Waals surface area (Å²) in [5.74, 6) is 0.744. The molecule has 0 aliphatic carbocycles. The molecule has 0 aliphatic rings. The molecule has 4 nitrogen and oxygen atoms in total. The minimum Gasteiger partial charge on any atom is -0.392 e. The summed E-state index contributed by atoms with van der Waals surface area (Å²) < 4.78 is 2.45. The molecule has 0 aliphatic heterocycles. The molecule has 0 bridgehead atoms. The van der Waals surface area contributed by atoms with Crippen molar-refractivity contribution in [3.8, 4) is 0 Å². The van der Waals surface area contributed by atoms with Crippen LogP contribution in [0, 0.1) is 0 Å². The van der Waals surface area contributed by atoms with Crippen LogP contribution >= 0.6 is 23.1 Å². The van der Waals surface area contributed by atoms with Gasteiger partial charge in [-0.15, -0.1) is 11.3 Å². The van der Waals surface area contributed by atoms with Gasteiger partial charge in [0.25, 0.3) is 5.56 Å². The number of thioether (sulfide) groups is 1. The molecule has 0 radical (unpaired) electrons. The predicted molar refractivity (Wildman–Crippen MR) is 91.5 cm³/mol. The molecule has 3 rings (SSSR count). The van der Waals surface area contributed by atoms with Gasteiger partial charge in [-0.25, -0.2) is 4.98 Å². The lowest BCUT2D eigenvalue weighted by atomic mass is 10.2. The number of rotatable bonds is 5. The number of aliphatic hydroxyl groups excluding tert-OH is 1. The van der Waals surface area contributed by atoms with Gasteiger partial charge in [-0.2, -0.15) is 0 Å². The summed E-state index contributed by atoms with van der Waals surface area (Å²) in [6, 6.07) is 9.71. The van der Waals surface area contributed by atoms with Crippen LogP contribution in [0.2, 0.25) is 0 Å². The van der Waals surface area contributed by atoms with Crippen LogP contribution < -0.4 is 5.56 Å². The average molecular weight is 332 g/mol. The molecule has 0 fully saturated rings. The summed E-state index contributed by atoms with van der Waals surface area (Å²) in [7, 11) is 0. The number of aliphatic hydroxyl groups is 1. The van der Waals surface area contributed by atoms with E-state index < -0.39 is 0 Å². The topological polar surface area (TPSA) is 55.1 Å². The van der Waals surface area contributed by atoms with E-state index in [1.807, 2.05) is 42.6 Å². The Morgan fingerprint density at radius 3 is 2.64 bits per heavy atom. The second-order valence-corrected chi connectivity index (χ2v) is 6.70. The normalized spacial score (nSPS) is 11.2. The van der Waals surface area contributed by atoms with Crippen LogP contribution in [0.5, 0.6) is 0 Å². The molecule has 0 amide bonds. The number of benzene rings is 1. The SMILES string of the molecule is CCn1c(SCc2ccc(CO)cc2)nc2ccsc2c1=O. The van der Waals surface area contributed by atoms with Gasteiger partial charge in [-0.05, 0) is 29.5 Å². The van der Waals surface area contributed by atoms with Crippen molar-refractivity contribution in [2.24, 2.45) is 0 Å². The molecule has 1 aromatic carbocycles. The Kier molecular flexibility index (Phi) is 4.61. The van der Waals surface area contributed by atoms with Crippen molar-refractivity contribution in [1.82, 2.24) is 9.55 Å². The van der Waals surface area contributed by atoms with E-state index in [0.29, 0.717) is 6.54 Å². The van der Waals surface area contributed by atoms with Crippen molar-refractivity contribution in [2.75, 3.05) is 0 Å². The number of thiophene rings is 1. The molecule has 3 aromatic rings. The van der Waals surface area contributed by atoms with Crippen LogP contribution in [0.3, 0.4) is 0 Å². The van der Waals surface area contributed by atoms with Crippen LogP contribution in [0.15, 0.2) is 45.7 Å². The van der Waals surface area contributed by atoms with E-state index in [9.17, 15) is 4.79 Å². The molecule has 0 saturated carbocycles. The average Bonchev–Trinajstić information content (AvgIpc) is 3.02. The van der Waals surface area contributed by atoms with Gasteiger partial charge in [0, 0.05) is 12.3 Å². The second kappa shape index (κ2) is 6.64. The fourth-order valence-corrected chi connectivity index (χ4v) is 4.00. The first-order valence-corrected chi connectivity index (χ1v) is 8.89. The summed E-state index contributed by atoms with van der Waals surface area (Å²) >= 11 is 3.01. The number of fused-ring (bicyclic) bond motifs is 1. The Morgan fingerprint density at radius 2 is 1.95 bits per heavy atom. The molecular formula is C16H16N2O2S2. The fraction of sp³-hybridized carbons (Fsp3) is 0.250. The van der Waals surface area contributed by atoms with Crippen molar-refractivity contribution in [3.63, 3.8) is 0 Å². The highest BCUT2D eigenvalue weighted by atomic mass is 32.2. The molecular weight excluding hydrogens is 316 g/mol. The largest absolute Gasteiger partial charge is 0.392 e.